The van der Waals surface area contributed by atoms with Crippen molar-refractivity contribution in [1.82, 2.24) is 4.57 Å². The van der Waals surface area contributed by atoms with Crippen LogP contribution in [0.3, 0.4) is 0 Å². The average Bonchev–Trinajstić information content (AvgIpc) is 2.38. The van der Waals surface area contributed by atoms with Gasteiger partial charge in [0.1, 0.15) is 0 Å². The number of hydrogen-bond donors (Lipinski definition) is 0. The number of pyridine rings is 1. The Kier molecular flexibility index (Phi) is 2.23. The molecule has 0 amide bonds. The van der Waals surface area contributed by atoms with Crippen LogP contribution in [-0.2, 0) is 0 Å². The Bertz CT molecular complexity index is 671. The molecule has 0 aliphatic carbocycles. The van der Waals surface area contributed by atoms with E-state index in [4.69, 9.17) is 4.11 Å². The maximum absolute atomic E-state index is 12.0. The molecule has 0 radical (unpaired) electrons. The van der Waals surface area contributed by atoms with E-state index in [0.717, 1.165) is 5.56 Å². The molecule has 0 fully saturated rings. The van der Waals surface area contributed by atoms with Gasteiger partial charge in [-0.15, -0.1) is 0 Å². The summed E-state index contributed by atoms with van der Waals surface area (Å²) in [6.07, 6.45) is 1.40. The van der Waals surface area contributed by atoms with E-state index in [9.17, 15) is 4.79 Å². The first-order chi connectivity index (χ1) is 9.29. The minimum atomic E-state index is -2.22. The lowest BCUT2D eigenvalue weighted by atomic mass is 10.0. The highest BCUT2D eigenvalue weighted by atomic mass is 16.1. The highest BCUT2D eigenvalue weighted by Gasteiger charge is 2.03. The third-order valence-electron chi connectivity index (χ3n) is 2.73. The maximum atomic E-state index is 12.0. The summed E-state index contributed by atoms with van der Waals surface area (Å²) in [6.45, 7) is 1.92. The lowest BCUT2D eigenvalue weighted by Crippen LogP contribution is -2.16. The van der Waals surface area contributed by atoms with E-state index in [-0.39, 0.29) is 11.1 Å². The van der Waals surface area contributed by atoms with E-state index in [1.54, 1.807) is 6.07 Å². The molecule has 1 aromatic heterocycles. The molecule has 2 heteroatoms. The van der Waals surface area contributed by atoms with E-state index in [1.165, 1.54) is 22.9 Å². The molecule has 0 aliphatic rings. The number of aromatic nitrogens is 1. The summed E-state index contributed by atoms with van der Waals surface area (Å²) in [5, 5.41) is 0. The molecule has 0 bridgehead atoms. The van der Waals surface area contributed by atoms with Gasteiger partial charge in [-0.1, -0.05) is 32.0 Å². The minimum absolute atomic E-state index is 0.159. The van der Waals surface area contributed by atoms with E-state index < -0.39 is 6.85 Å². The third kappa shape index (κ3) is 2.47. The molecule has 88 valence electrons. The van der Waals surface area contributed by atoms with Gasteiger partial charge >= 0.3 is 0 Å². The Morgan fingerprint density at radius 1 is 1.24 bits per heavy atom. The Balaban J connectivity index is 2.57. The van der Waals surface area contributed by atoms with Crippen molar-refractivity contribution in [1.29, 1.82) is 0 Å². The van der Waals surface area contributed by atoms with Gasteiger partial charge in [-0.05, 0) is 36.0 Å². The summed E-state index contributed by atoms with van der Waals surface area (Å²) in [4.78, 5) is 12.0. The predicted octanol–water partition coefficient (Wildman–Crippen LogP) is 3.27. The van der Waals surface area contributed by atoms with Crippen molar-refractivity contribution in [2.24, 2.45) is 0 Å². The van der Waals surface area contributed by atoms with Gasteiger partial charge < -0.3 is 0 Å². The van der Waals surface area contributed by atoms with E-state index in [2.05, 4.69) is 13.8 Å². The molecule has 1 aromatic carbocycles. The predicted molar refractivity (Wildman–Crippen MR) is 70.9 cm³/mol. The number of benzene rings is 1. The zero-order valence-corrected chi connectivity index (χ0v) is 9.97. The van der Waals surface area contributed by atoms with Crippen LogP contribution >= 0.6 is 0 Å². The minimum Gasteiger partial charge on any atom is -0.284 e. The Morgan fingerprint density at radius 2 is 2.06 bits per heavy atom. The van der Waals surface area contributed by atoms with Crippen LogP contribution in [0.2, 0.25) is 0 Å². The van der Waals surface area contributed by atoms with Crippen LogP contribution in [0.1, 0.15) is 35.0 Å². The standard InChI is InChI=1S/C15H17NO/c1-11(2)13-5-4-6-14(9-13)16-10-12(3)7-8-15(16)17/h4-11H,1-3H3/i3D3. The first kappa shape index (κ1) is 8.29. The molecule has 1 heterocycles. The van der Waals surface area contributed by atoms with Gasteiger partial charge in [-0.2, -0.15) is 0 Å². The largest absolute Gasteiger partial charge is 0.284 e. The number of aryl methyl sites for hydroxylation is 1. The second kappa shape index (κ2) is 4.58. The third-order valence-corrected chi connectivity index (χ3v) is 2.73. The first-order valence-electron chi connectivity index (χ1n) is 7.12. The van der Waals surface area contributed by atoms with Gasteiger partial charge in [-0.3, -0.25) is 9.36 Å². The van der Waals surface area contributed by atoms with Crippen molar-refractivity contribution in [2.75, 3.05) is 0 Å². The van der Waals surface area contributed by atoms with Crippen molar-refractivity contribution in [3.05, 3.63) is 64.1 Å². The maximum Gasteiger partial charge on any atom is 0.255 e. The van der Waals surface area contributed by atoms with Crippen LogP contribution < -0.4 is 5.56 Å². The molecular formula is C15H17NO. The second-order valence-electron chi connectivity index (χ2n) is 4.38. The quantitative estimate of drug-likeness (QED) is 0.776. The fourth-order valence-electron chi connectivity index (χ4n) is 1.72. The van der Waals surface area contributed by atoms with Gasteiger partial charge in [0.2, 0.25) is 0 Å². The van der Waals surface area contributed by atoms with Crippen LogP contribution in [0.5, 0.6) is 0 Å². The van der Waals surface area contributed by atoms with Crippen LogP contribution in [0.25, 0.3) is 5.69 Å². The van der Waals surface area contributed by atoms with Crippen molar-refractivity contribution >= 4 is 0 Å². The van der Waals surface area contributed by atoms with Crippen molar-refractivity contribution in [3.8, 4) is 5.69 Å². The first-order valence-corrected chi connectivity index (χ1v) is 5.62. The summed E-state index contributed by atoms with van der Waals surface area (Å²) in [7, 11) is 0. The lowest BCUT2D eigenvalue weighted by Gasteiger charge is -2.10. The lowest BCUT2D eigenvalue weighted by molar-refractivity contribution is 0.860. The monoisotopic (exact) mass is 230 g/mol. The molecule has 0 N–H and O–H groups in total. The topological polar surface area (TPSA) is 22.0 Å². The van der Waals surface area contributed by atoms with Gasteiger partial charge in [0, 0.05) is 22.1 Å². The number of nitrogens with zero attached hydrogens (tertiary/aromatic N) is 1. The van der Waals surface area contributed by atoms with Crippen molar-refractivity contribution < 1.29 is 4.11 Å². The smallest absolute Gasteiger partial charge is 0.255 e. The van der Waals surface area contributed by atoms with Crippen LogP contribution in [-0.4, -0.2) is 4.57 Å². The van der Waals surface area contributed by atoms with Gasteiger partial charge in [0.25, 0.3) is 5.56 Å². The summed E-state index contributed by atoms with van der Waals surface area (Å²) in [5.41, 5.74) is 1.71. The Hall–Kier alpha value is -1.83. The summed E-state index contributed by atoms with van der Waals surface area (Å²) < 4.78 is 23.7. The fraction of sp³-hybridized carbons (Fsp3) is 0.267. The highest BCUT2D eigenvalue weighted by Crippen LogP contribution is 2.17. The summed E-state index contributed by atoms with van der Waals surface area (Å²) >= 11 is 0. The van der Waals surface area contributed by atoms with Gasteiger partial charge in [0.15, 0.2) is 0 Å². The van der Waals surface area contributed by atoms with Gasteiger partial charge in [0.05, 0.1) is 0 Å². The zero-order valence-electron chi connectivity index (χ0n) is 13.0. The average molecular weight is 230 g/mol. The fourth-order valence-corrected chi connectivity index (χ4v) is 1.72. The van der Waals surface area contributed by atoms with Gasteiger partial charge in [-0.25, -0.2) is 0 Å². The molecule has 2 aromatic rings. The molecular weight excluding hydrogens is 210 g/mol. The zero-order chi connectivity index (χ0) is 14.9. The molecule has 0 saturated carbocycles. The normalized spacial score (nSPS) is 14.2. The van der Waals surface area contributed by atoms with Crippen LogP contribution in [0.15, 0.2) is 47.4 Å². The van der Waals surface area contributed by atoms with E-state index >= 15 is 0 Å². The molecule has 0 saturated heterocycles. The molecule has 0 spiro atoms. The number of hydrogen-bond acceptors (Lipinski definition) is 1. The van der Waals surface area contributed by atoms with E-state index in [1.807, 2.05) is 18.2 Å². The second-order valence-corrected chi connectivity index (χ2v) is 4.38. The van der Waals surface area contributed by atoms with E-state index in [0.29, 0.717) is 11.6 Å². The van der Waals surface area contributed by atoms with Crippen molar-refractivity contribution in [3.63, 3.8) is 0 Å². The number of rotatable bonds is 2. The Labute approximate surface area is 106 Å². The summed E-state index contributed by atoms with van der Waals surface area (Å²) in [6, 6.07) is 10.2. The van der Waals surface area contributed by atoms with Crippen molar-refractivity contribution in [2.45, 2.75) is 26.6 Å². The van der Waals surface area contributed by atoms with Crippen LogP contribution in [0, 0.1) is 6.85 Å². The molecule has 2 nitrogen and oxygen atoms in total. The highest BCUT2D eigenvalue weighted by molar-refractivity contribution is 5.37. The molecule has 0 unspecified atom stereocenters. The SMILES string of the molecule is [2H]C([2H])([2H])c1ccc(=O)n(-c2cccc(C(C)C)c2)c1. The molecule has 0 atom stereocenters. The van der Waals surface area contributed by atoms with Crippen LogP contribution in [0.4, 0.5) is 0 Å². The molecule has 2 rings (SSSR count). The molecule has 17 heavy (non-hydrogen) atoms. The summed E-state index contributed by atoms with van der Waals surface area (Å²) in [5.74, 6) is 0.344. The molecule has 0 aliphatic heterocycles. The Morgan fingerprint density at radius 3 is 2.76 bits per heavy atom.